The summed E-state index contributed by atoms with van der Waals surface area (Å²) in [5, 5.41) is 9.81. The molecule has 0 aliphatic carbocycles. The highest BCUT2D eigenvalue weighted by Gasteiger charge is 2.25. The third-order valence-corrected chi connectivity index (χ3v) is 22.7. The van der Waals surface area contributed by atoms with E-state index in [-0.39, 0.29) is 38.2 Å². The molecule has 0 aromatic heterocycles. The molecule has 2 atom stereocenters. The molecule has 9 nitrogen and oxygen atoms in total. The maximum Gasteiger partial charge on any atom is 0.361 e. The number of rotatable bonds is 93. The number of carbonyl (C=O) groups excluding carboxylic acids is 2. The minimum Gasteiger partial charge on any atom is -0.477 e. The Morgan fingerprint density at radius 2 is 0.477 bits per heavy atom. The molecule has 0 radical (unpaired) electrons. The van der Waals surface area contributed by atoms with E-state index in [1.165, 1.54) is 462 Å². The summed E-state index contributed by atoms with van der Waals surface area (Å²) in [5.74, 6) is -1.96. The topological polar surface area (TPSA) is 108 Å². The molecular weight excluding hydrogens is 1320 g/mol. The van der Waals surface area contributed by atoms with Gasteiger partial charge in [0.2, 0.25) is 0 Å². The molecular formula is C98H190NO8+. The first-order chi connectivity index (χ1) is 52.6. The zero-order chi connectivity index (χ0) is 77.4. The van der Waals surface area contributed by atoms with E-state index < -0.39 is 18.4 Å². The van der Waals surface area contributed by atoms with Crippen molar-refractivity contribution in [3.63, 3.8) is 0 Å². The second kappa shape index (κ2) is 89.3. The number of likely N-dealkylation sites (N-methyl/N-ethyl adjacent to an activating group) is 1. The van der Waals surface area contributed by atoms with Crippen LogP contribution in [0, 0.1) is 0 Å². The second-order valence-electron chi connectivity index (χ2n) is 34.7. The summed E-state index contributed by atoms with van der Waals surface area (Å²) < 4.78 is 23.1. The number of hydrogen-bond donors (Lipinski definition) is 1. The monoisotopic (exact) mass is 1510 g/mol. The summed E-state index contributed by atoms with van der Waals surface area (Å²) in [6.07, 6.45) is 114. The Bertz CT molecular complexity index is 1810. The summed E-state index contributed by atoms with van der Waals surface area (Å²) in [6.45, 7) is 4.98. The van der Waals surface area contributed by atoms with Crippen molar-refractivity contribution in [3.8, 4) is 0 Å². The fourth-order valence-electron chi connectivity index (χ4n) is 15.3. The van der Waals surface area contributed by atoms with E-state index in [0.29, 0.717) is 17.4 Å². The molecule has 9 heteroatoms. The van der Waals surface area contributed by atoms with Crippen LogP contribution in [-0.4, -0.2) is 87.4 Å². The van der Waals surface area contributed by atoms with Crippen molar-refractivity contribution in [2.75, 3.05) is 47.5 Å². The second-order valence-corrected chi connectivity index (χ2v) is 34.7. The average molecular weight is 1510 g/mol. The number of hydrogen-bond acceptors (Lipinski definition) is 7. The first-order valence-corrected chi connectivity index (χ1v) is 48.5. The lowest BCUT2D eigenvalue weighted by Crippen LogP contribution is -2.40. The van der Waals surface area contributed by atoms with Crippen LogP contribution >= 0.6 is 0 Å². The Labute approximate surface area is 668 Å². The van der Waals surface area contributed by atoms with Gasteiger partial charge in [-0.15, -0.1) is 0 Å². The number of carboxylic acids is 1. The van der Waals surface area contributed by atoms with Crippen LogP contribution in [-0.2, 0) is 33.3 Å². The molecule has 0 rings (SSSR count). The molecule has 0 saturated heterocycles. The summed E-state index contributed by atoms with van der Waals surface area (Å²) in [5.41, 5.74) is 0. The van der Waals surface area contributed by atoms with Crippen LogP contribution in [0.1, 0.15) is 528 Å². The number of aliphatic carboxylic acids is 1. The van der Waals surface area contributed by atoms with Gasteiger partial charge in [-0.05, 0) is 64.2 Å². The molecule has 107 heavy (non-hydrogen) atoms. The van der Waals surface area contributed by atoms with Crippen LogP contribution in [0.15, 0.2) is 24.3 Å². The summed E-state index contributed by atoms with van der Waals surface area (Å²) in [7, 11) is 6.01. The first-order valence-electron chi connectivity index (χ1n) is 48.5. The molecule has 0 aromatic rings. The predicted octanol–water partition coefficient (Wildman–Crippen LogP) is 32.0. The molecule has 0 aliphatic rings. The van der Waals surface area contributed by atoms with Gasteiger partial charge in [-0.1, -0.05) is 475 Å². The van der Waals surface area contributed by atoms with Crippen LogP contribution in [0.4, 0.5) is 0 Å². The Morgan fingerprint density at radius 3 is 0.692 bits per heavy atom. The Kier molecular flexibility index (Phi) is 87.5. The van der Waals surface area contributed by atoms with E-state index in [0.717, 1.165) is 38.5 Å². The van der Waals surface area contributed by atoms with E-state index in [1.54, 1.807) is 0 Å². The fourth-order valence-corrected chi connectivity index (χ4v) is 15.3. The number of ether oxygens (including phenoxy) is 4. The number of nitrogens with zero attached hydrogens (tertiary/aromatic N) is 1. The van der Waals surface area contributed by atoms with Crippen molar-refractivity contribution in [1.29, 1.82) is 0 Å². The van der Waals surface area contributed by atoms with Gasteiger partial charge in [-0.3, -0.25) is 9.59 Å². The van der Waals surface area contributed by atoms with Crippen LogP contribution in [0.5, 0.6) is 0 Å². The highest BCUT2D eigenvalue weighted by atomic mass is 16.7. The van der Waals surface area contributed by atoms with Gasteiger partial charge in [0, 0.05) is 12.8 Å². The third-order valence-electron chi connectivity index (χ3n) is 22.7. The Hall–Kier alpha value is -2.23. The SMILES string of the molecule is CCCCCCCCCC/C=C\CCCCCCCCCCCCCCCCCCCCCCCCCCCCCCCC(=O)OCC(COC(OCC[N+](C)(C)C)C(=O)O)OC(=O)CCCCCCCCCCCCCCCCCCCCCCCCCCCCCCC/C=C\CCCCCCCCCC. The van der Waals surface area contributed by atoms with Crippen molar-refractivity contribution in [2.45, 2.75) is 540 Å². The van der Waals surface area contributed by atoms with Gasteiger partial charge in [0.05, 0.1) is 34.4 Å². The summed E-state index contributed by atoms with van der Waals surface area (Å²) >= 11 is 0. The first kappa shape index (κ1) is 105. The number of unbranched alkanes of at least 4 members (excludes halogenated alkanes) is 74. The quantitative estimate of drug-likeness (QED) is 0.0211. The largest absolute Gasteiger partial charge is 0.477 e. The molecule has 0 bridgehead atoms. The Morgan fingerprint density at radius 1 is 0.271 bits per heavy atom. The van der Waals surface area contributed by atoms with E-state index in [2.05, 4.69) is 38.2 Å². The smallest absolute Gasteiger partial charge is 0.361 e. The molecule has 0 saturated carbocycles. The molecule has 0 aliphatic heterocycles. The van der Waals surface area contributed by atoms with Crippen LogP contribution in [0.3, 0.4) is 0 Å². The minimum atomic E-state index is -1.51. The van der Waals surface area contributed by atoms with E-state index >= 15 is 0 Å². The highest BCUT2D eigenvalue weighted by molar-refractivity contribution is 5.71. The van der Waals surface area contributed by atoms with E-state index in [1.807, 2.05) is 21.1 Å². The van der Waals surface area contributed by atoms with Crippen LogP contribution in [0.2, 0.25) is 0 Å². The van der Waals surface area contributed by atoms with Crippen LogP contribution < -0.4 is 0 Å². The van der Waals surface area contributed by atoms with E-state index in [9.17, 15) is 19.5 Å². The molecule has 1 N–H and O–H groups in total. The van der Waals surface area contributed by atoms with Crippen molar-refractivity contribution in [3.05, 3.63) is 24.3 Å². The van der Waals surface area contributed by atoms with E-state index in [4.69, 9.17) is 18.9 Å². The van der Waals surface area contributed by atoms with Crippen molar-refractivity contribution >= 4 is 17.9 Å². The average Bonchev–Trinajstić information content (AvgIpc) is 0.928. The number of allylic oxidation sites excluding steroid dienone is 4. The maximum atomic E-state index is 13.0. The molecule has 0 amide bonds. The van der Waals surface area contributed by atoms with Gasteiger partial charge in [-0.2, -0.15) is 0 Å². The molecule has 634 valence electrons. The van der Waals surface area contributed by atoms with Gasteiger partial charge in [0.25, 0.3) is 6.29 Å². The van der Waals surface area contributed by atoms with Crippen molar-refractivity contribution in [2.24, 2.45) is 0 Å². The zero-order valence-corrected chi connectivity index (χ0v) is 73.1. The zero-order valence-electron chi connectivity index (χ0n) is 73.1. The molecule has 0 spiro atoms. The Balaban J connectivity index is 3.84. The normalized spacial score (nSPS) is 12.6. The number of carboxylic acid groups (broad SMARTS) is 1. The lowest BCUT2D eigenvalue weighted by atomic mass is 10.0. The third kappa shape index (κ3) is 90.8. The predicted molar refractivity (Wildman–Crippen MR) is 466 cm³/mol. The number of quaternary nitrogens is 1. The standard InChI is InChI=1S/C98H189NO8/c1-6-8-10-12-14-16-18-20-22-24-26-28-30-32-34-36-38-40-42-44-46-48-50-52-54-56-58-60-62-64-66-68-70-72-74-76-78-80-82-84-86-88-95(100)105-92-94(93-106-98(97(102)103)104-91-90-99(3,4)5)107-96(101)89-87-85-83-81-79-77-75-73-71-69-67-65-63-61-59-57-55-53-51-49-47-45-43-41-39-37-35-33-31-29-27-25-23-21-19-17-15-13-11-9-7-2/h24-27,94,98H,6-23,28-93H2,1-5H3/p+1/b26-24-,27-25-. The van der Waals surface area contributed by atoms with Gasteiger partial charge in [0.15, 0.2) is 6.10 Å². The molecule has 0 fully saturated rings. The molecule has 0 heterocycles. The summed E-state index contributed by atoms with van der Waals surface area (Å²) in [6, 6.07) is 0. The lowest BCUT2D eigenvalue weighted by molar-refractivity contribution is -0.870. The maximum absolute atomic E-state index is 13.0. The van der Waals surface area contributed by atoms with Gasteiger partial charge in [0.1, 0.15) is 13.2 Å². The van der Waals surface area contributed by atoms with Gasteiger partial charge >= 0.3 is 17.9 Å². The van der Waals surface area contributed by atoms with Crippen LogP contribution in [0.25, 0.3) is 0 Å². The number of esters is 2. The van der Waals surface area contributed by atoms with Gasteiger partial charge < -0.3 is 28.5 Å². The minimum absolute atomic E-state index is 0.173. The summed E-state index contributed by atoms with van der Waals surface area (Å²) in [4.78, 5) is 37.9. The molecule has 2 unspecified atom stereocenters. The fraction of sp³-hybridized carbons (Fsp3) is 0.929. The number of carbonyl (C=O) groups is 3. The van der Waals surface area contributed by atoms with Gasteiger partial charge in [-0.25, -0.2) is 4.79 Å². The van der Waals surface area contributed by atoms with Crippen molar-refractivity contribution in [1.82, 2.24) is 0 Å². The highest BCUT2D eigenvalue weighted by Crippen LogP contribution is 2.22. The molecule has 0 aromatic carbocycles. The lowest BCUT2D eigenvalue weighted by Gasteiger charge is -2.25. The van der Waals surface area contributed by atoms with Crippen molar-refractivity contribution < 1.29 is 42.9 Å².